The first-order valence-corrected chi connectivity index (χ1v) is 15.8. The largest absolute Gasteiger partial charge is 0.436 e. The zero-order chi connectivity index (χ0) is 31.3. The van der Waals surface area contributed by atoms with E-state index >= 15 is 0 Å². The molecule has 5 aromatic rings. The van der Waals surface area contributed by atoms with E-state index in [4.69, 9.17) is 26.9 Å². The molecule has 1 unspecified atom stereocenters. The number of hydrogen-bond donors (Lipinski definition) is 1. The van der Waals surface area contributed by atoms with Crippen molar-refractivity contribution in [3.05, 3.63) is 123 Å². The molecule has 1 saturated heterocycles. The highest BCUT2D eigenvalue weighted by molar-refractivity contribution is 7.71. The molecule has 6 rings (SSSR count). The molecule has 0 amide bonds. The number of H-pyrrole nitrogens is 1. The number of nitrogens with one attached hydrogen (secondary N) is 1. The topological polar surface area (TPSA) is 91.5 Å². The van der Waals surface area contributed by atoms with Crippen LogP contribution in [0.25, 0.3) is 5.69 Å². The predicted octanol–water partition coefficient (Wildman–Crippen LogP) is 4.98. The van der Waals surface area contributed by atoms with Gasteiger partial charge in [0.2, 0.25) is 10.5 Å². The Labute approximate surface area is 267 Å². The van der Waals surface area contributed by atoms with E-state index in [-0.39, 0.29) is 11.6 Å². The number of aromatic amines is 1. The van der Waals surface area contributed by atoms with Crippen LogP contribution in [0.1, 0.15) is 49.3 Å². The van der Waals surface area contributed by atoms with Crippen LogP contribution in [0, 0.1) is 10.7 Å². The molecule has 1 N–H and O–H groups in total. The van der Waals surface area contributed by atoms with Crippen LogP contribution in [-0.2, 0) is 13.1 Å². The Balaban J connectivity index is 1.30. The third-order valence-electron chi connectivity index (χ3n) is 8.17. The summed E-state index contributed by atoms with van der Waals surface area (Å²) in [7, 11) is 0. The maximum absolute atomic E-state index is 12.7. The predicted molar refractivity (Wildman–Crippen MR) is 178 cm³/mol. The molecule has 3 aromatic carbocycles. The van der Waals surface area contributed by atoms with E-state index in [1.807, 2.05) is 41.1 Å². The smallest absolute Gasteiger partial charge is 0.369 e. The zero-order valence-electron chi connectivity index (χ0n) is 25.9. The van der Waals surface area contributed by atoms with Crippen molar-refractivity contribution in [2.45, 2.75) is 39.8 Å². The summed E-state index contributed by atoms with van der Waals surface area (Å²) in [4.78, 5) is 17.4. The van der Waals surface area contributed by atoms with Crippen LogP contribution in [0.5, 0.6) is 0 Å². The molecular weight excluding hydrogens is 584 g/mol. The van der Waals surface area contributed by atoms with Gasteiger partial charge in [-0.05, 0) is 57.8 Å². The zero-order valence-corrected chi connectivity index (χ0v) is 26.7. The molecule has 0 radical (unpaired) electrons. The number of aromatic nitrogens is 5. The minimum Gasteiger partial charge on any atom is -0.369 e. The Morgan fingerprint density at radius 3 is 2.29 bits per heavy atom. The van der Waals surface area contributed by atoms with Gasteiger partial charge in [0.25, 0.3) is 0 Å². The van der Waals surface area contributed by atoms with Gasteiger partial charge in [-0.2, -0.15) is 14.9 Å². The van der Waals surface area contributed by atoms with E-state index in [1.165, 1.54) is 17.5 Å². The number of anilines is 1. The fourth-order valence-electron chi connectivity index (χ4n) is 5.70. The summed E-state index contributed by atoms with van der Waals surface area (Å²) in [6.45, 7) is 10.7. The highest BCUT2D eigenvalue weighted by atomic mass is 32.1. The van der Waals surface area contributed by atoms with E-state index in [0.29, 0.717) is 23.2 Å². The van der Waals surface area contributed by atoms with Gasteiger partial charge in [-0.15, -0.1) is 0 Å². The lowest BCUT2D eigenvalue weighted by atomic mass is 9.96. The Bertz CT molecular complexity index is 1850. The molecule has 1 atom stereocenters. The third kappa shape index (κ3) is 6.89. The van der Waals surface area contributed by atoms with Gasteiger partial charge < -0.3 is 4.90 Å². The lowest BCUT2D eigenvalue weighted by Gasteiger charge is -2.35. The second kappa shape index (κ2) is 13.6. The monoisotopic (exact) mass is 623 g/mol. The van der Waals surface area contributed by atoms with Crippen molar-refractivity contribution in [1.82, 2.24) is 24.6 Å². The average molecular weight is 624 g/mol. The quantitative estimate of drug-likeness (QED) is 0.134. The van der Waals surface area contributed by atoms with E-state index in [1.54, 1.807) is 9.36 Å². The van der Waals surface area contributed by atoms with E-state index in [0.717, 1.165) is 43.9 Å². The van der Waals surface area contributed by atoms with Gasteiger partial charge in [-0.1, -0.05) is 81.4 Å². The molecule has 1 aliphatic heterocycles. The Morgan fingerprint density at radius 2 is 1.62 bits per heavy atom. The summed E-state index contributed by atoms with van der Waals surface area (Å²) in [5.74, 6) is 1.18. The number of benzene rings is 3. The van der Waals surface area contributed by atoms with Crippen molar-refractivity contribution in [1.29, 1.82) is 0 Å². The number of para-hydroxylation sites is 2. The fraction of sp³-hybridized carbons (Fsp3) is 0.324. The molecule has 3 heterocycles. The summed E-state index contributed by atoms with van der Waals surface area (Å²) in [6.07, 6.45) is 2.51. The van der Waals surface area contributed by atoms with Gasteiger partial charge >= 0.3 is 11.3 Å². The molecular formula is C34H39N8O2S+. The summed E-state index contributed by atoms with van der Waals surface area (Å²) in [5, 5.41) is 12.4. The Hall–Kier alpha value is -4.61. The summed E-state index contributed by atoms with van der Waals surface area (Å²) >= 11 is 5.97. The Kier molecular flexibility index (Phi) is 9.18. The molecule has 1 fully saturated rings. The normalized spacial score (nSPS) is 14.9. The van der Waals surface area contributed by atoms with Crippen molar-refractivity contribution >= 4 is 24.1 Å². The third-order valence-corrected chi connectivity index (χ3v) is 8.55. The molecule has 1 aliphatic rings. The van der Waals surface area contributed by atoms with Crippen molar-refractivity contribution < 1.29 is 9.20 Å². The van der Waals surface area contributed by atoms with Crippen LogP contribution >= 0.6 is 12.2 Å². The summed E-state index contributed by atoms with van der Waals surface area (Å²) in [6, 6.07) is 28.6. The van der Waals surface area contributed by atoms with Crippen LogP contribution in [0.3, 0.4) is 0 Å². The van der Waals surface area contributed by atoms with Gasteiger partial charge in [-0.25, -0.2) is 9.48 Å². The maximum Gasteiger partial charge on any atom is 0.436 e. The first kappa shape index (κ1) is 30.4. The number of rotatable bonds is 10. The van der Waals surface area contributed by atoms with Gasteiger partial charge in [0.15, 0.2) is 5.82 Å². The number of piperazine rings is 1. The highest BCUT2D eigenvalue weighted by Crippen LogP contribution is 2.25. The minimum absolute atomic E-state index is 0.1000. The minimum atomic E-state index is -0.534. The Morgan fingerprint density at radius 1 is 0.956 bits per heavy atom. The molecule has 45 heavy (non-hydrogen) atoms. The molecule has 0 spiro atoms. The van der Waals surface area contributed by atoms with Gasteiger partial charge in [0.1, 0.15) is 6.21 Å². The van der Waals surface area contributed by atoms with E-state index < -0.39 is 5.63 Å². The lowest BCUT2D eigenvalue weighted by molar-refractivity contribution is -0.671. The van der Waals surface area contributed by atoms with Crippen LogP contribution < -0.4 is 15.2 Å². The average Bonchev–Trinajstić information content (AvgIpc) is 3.59. The molecule has 0 saturated carbocycles. The van der Waals surface area contributed by atoms with Crippen LogP contribution in [0.4, 0.5) is 5.69 Å². The van der Waals surface area contributed by atoms with Crippen LogP contribution in [0.2, 0.25) is 0 Å². The van der Waals surface area contributed by atoms with Crippen LogP contribution in [0.15, 0.2) is 99.3 Å². The van der Waals surface area contributed by atoms with Gasteiger partial charge in [0, 0.05) is 49.9 Å². The molecule has 10 nitrogen and oxygen atoms in total. The van der Waals surface area contributed by atoms with Crippen molar-refractivity contribution in [3.8, 4) is 5.69 Å². The highest BCUT2D eigenvalue weighted by Gasteiger charge is 2.25. The first-order valence-electron chi connectivity index (χ1n) is 15.4. The summed E-state index contributed by atoms with van der Waals surface area (Å²) < 4.78 is 10.7. The second-order valence-electron chi connectivity index (χ2n) is 11.9. The van der Waals surface area contributed by atoms with Gasteiger partial charge in [-0.3, -0.25) is 9.42 Å². The number of hydrogen-bond acceptors (Lipinski definition) is 7. The number of nitrogens with zero attached hydrogens (tertiary/aromatic N) is 7. The van der Waals surface area contributed by atoms with Crippen LogP contribution in [-0.4, -0.2) is 57.0 Å². The van der Waals surface area contributed by atoms with Crippen molar-refractivity contribution in [3.63, 3.8) is 0 Å². The van der Waals surface area contributed by atoms with Crippen molar-refractivity contribution in [2.24, 2.45) is 11.0 Å². The second-order valence-corrected chi connectivity index (χ2v) is 12.2. The summed E-state index contributed by atoms with van der Waals surface area (Å²) in [5.41, 5.74) is 4.11. The van der Waals surface area contributed by atoms with E-state index in [9.17, 15) is 4.79 Å². The molecule has 0 bridgehead atoms. The van der Waals surface area contributed by atoms with Crippen molar-refractivity contribution in [2.75, 3.05) is 31.1 Å². The fourth-order valence-corrected chi connectivity index (χ4v) is 5.94. The first-order chi connectivity index (χ1) is 21.9. The SMILES string of the molecule is CC(C)Cc1ccc(C(C)c2nn(CN3CCN(c4ccccc4)CC3)c(=S)n2/N=C/c2c(=O)o[nH][n+]2-c2ccccc2)cc1. The maximum atomic E-state index is 12.7. The molecule has 0 aliphatic carbocycles. The van der Waals surface area contributed by atoms with E-state index in [2.05, 4.69) is 84.4 Å². The lowest BCUT2D eigenvalue weighted by Crippen LogP contribution is -2.47. The van der Waals surface area contributed by atoms with Gasteiger partial charge in [0.05, 0.1) is 6.67 Å². The molecule has 11 heteroatoms. The molecule has 2 aromatic heterocycles. The molecule has 232 valence electrons. The standard InChI is InChI=1S/C34H38N8O2S/c1-25(2)22-27-14-16-28(17-15-27)26(3)32-36-40(24-38-18-20-39(21-19-38)29-10-6-4-7-11-29)34(45)42(32)35-23-31-33(43)44-37-41(31)30-12-8-5-9-13-30/h4-17,23,25-26H,18-22,24H2,1-3H3/p+1.